The molecule has 1 aromatic heterocycles. The topological polar surface area (TPSA) is 109 Å². The van der Waals surface area contributed by atoms with E-state index in [0.29, 0.717) is 23.7 Å². The molecule has 1 aromatic carbocycles. The maximum Gasteiger partial charge on any atom is 0.254 e. The lowest BCUT2D eigenvalue weighted by Crippen LogP contribution is -2.24. The summed E-state index contributed by atoms with van der Waals surface area (Å²) < 4.78 is 1.85. The van der Waals surface area contributed by atoms with Crippen LogP contribution in [-0.4, -0.2) is 29.3 Å². The Balaban J connectivity index is 1.84. The van der Waals surface area contributed by atoms with Crippen molar-refractivity contribution in [3.05, 3.63) is 41.6 Å². The molecule has 0 spiro atoms. The van der Waals surface area contributed by atoms with E-state index in [1.165, 1.54) is 12.8 Å². The molecule has 1 unspecified atom stereocenters. The molecule has 1 heterocycles. The number of rotatable bonds is 8. The number of nitrogens with two attached hydrogens (primary N) is 1. The maximum absolute atomic E-state index is 11.8. The Morgan fingerprint density at radius 2 is 2.16 bits per heavy atom. The lowest BCUT2D eigenvalue weighted by Gasteiger charge is -2.16. The van der Waals surface area contributed by atoms with Gasteiger partial charge in [-0.2, -0.15) is 10.4 Å². The third-order valence-electron chi connectivity index (χ3n) is 4.42. The molecule has 0 bridgehead atoms. The van der Waals surface area contributed by atoms with Crippen LogP contribution in [0.2, 0.25) is 0 Å². The normalized spacial score (nSPS) is 14.7. The fourth-order valence-corrected chi connectivity index (χ4v) is 2.93. The minimum atomic E-state index is -0.506. The van der Waals surface area contributed by atoms with Crippen molar-refractivity contribution < 1.29 is 4.79 Å². The summed E-state index contributed by atoms with van der Waals surface area (Å²) in [5.41, 5.74) is 7.64. The van der Waals surface area contributed by atoms with Crippen LogP contribution in [-0.2, 0) is 6.42 Å². The Labute approximate surface area is 146 Å². The number of likely N-dealkylation sites (N-methyl/N-ethyl adjacent to an activating group) is 1. The lowest BCUT2D eigenvalue weighted by atomic mass is 10.1. The van der Waals surface area contributed by atoms with Gasteiger partial charge in [-0.25, -0.2) is 0 Å². The Bertz CT molecular complexity index is 785. The van der Waals surface area contributed by atoms with E-state index >= 15 is 0 Å². The molecule has 25 heavy (non-hydrogen) atoms. The van der Waals surface area contributed by atoms with Crippen LogP contribution in [0.25, 0.3) is 0 Å². The van der Waals surface area contributed by atoms with E-state index in [9.17, 15) is 4.79 Å². The molecule has 1 aliphatic carbocycles. The van der Waals surface area contributed by atoms with Crippen LogP contribution in [0.3, 0.4) is 0 Å². The van der Waals surface area contributed by atoms with Gasteiger partial charge in [0.25, 0.3) is 5.91 Å². The van der Waals surface area contributed by atoms with Crippen LogP contribution in [0.5, 0.6) is 0 Å². The van der Waals surface area contributed by atoms with Crippen molar-refractivity contribution in [1.29, 1.82) is 5.26 Å². The third kappa shape index (κ3) is 3.98. The molecule has 0 aliphatic heterocycles. The molecule has 130 valence electrons. The summed E-state index contributed by atoms with van der Waals surface area (Å²) in [5, 5.41) is 19.7. The van der Waals surface area contributed by atoms with Gasteiger partial charge in [0, 0.05) is 18.4 Å². The number of carbonyl (C=O) groups excluding carboxylic acids is 1. The summed E-state index contributed by atoms with van der Waals surface area (Å²) in [7, 11) is 1.91. The van der Waals surface area contributed by atoms with Crippen molar-refractivity contribution in [2.75, 3.05) is 18.9 Å². The zero-order valence-electron chi connectivity index (χ0n) is 14.2. The Morgan fingerprint density at radius 1 is 1.44 bits per heavy atom. The number of aromatic nitrogens is 2. The molecule has 2 aromatic rings. The predicted molar refractivity (Wildman–Crippen MR) is 95.5 cm³/mol. The van der Waals surface area contributed by atoms with Gasteiger partial charge in [0.05, 0.1) is 18.5 Å². The van der Waals surface area contributed by atoms with Crippen LogP contribution in [0.4, 0.5) is 11.5 Å². The van der Waals surface area contributed by atoms with Crippen molar-refractivity contribution >= 4 is 17.4 Å². The van der Waals surface area contributed by atoms with Gasteiger partial charge in [0.2, 0.25) is 0 Å². The fraction of sp³-hybridized carbons (Fsp3) is 0.389. The molecule has 0 saturated heterocycles. The van der Waals surface area contributed by atoms with Crippen LogP contribution in [0.15, 0.2) is 30.5 Å². The predicted octanol–water partition coefficient (Wildman–Crippen LogP) is 1.96. The molecule has 7 heteroatoms. The summed E-state index contributed by atoms with van der Waals surface area (Å²) in [6.07, 6.45) is 4.46. The first kappa shape index (κ1) is 17.0. The van der Waals surface area contributed by atoms with E-state index in [1.807, 2.05) is 36.0 Å². The number of carbonyl (C=O) groups is 1. The number of hydrogen-bond acceptors (Lipinski definition) is 5. The lowest BCUT2D eigenvalue weighted by molar-refractivity contribution is 0.100. The highest BCUT2D eigenvalue weighted by Crippen LogP contribution is 2.39. The largest absolute Gasteiger partial charge is 0.365 e. The van der Waals surface area contributed by atoms with Crippen molar-refractivity contribution in [3.8, 4) is 6.07 Å². The number of benzene rings is 1. The van der Waals surface area contributed by atoms with Gasteiger partial charge in [-0.1, -0.05) is 12.1 Å². The van der Waals surface area contributed by atoms with E-state index < -0.39 is 5.91 Å². The standard InChI is InChI=1S/C18H22N6O/c1-21-10-16(13-4-5-13)24-11-15(17(20)25)18(23-24)22-14-6-2-12(3-7-14)8-9-19/h2-3,6-7,11,13,16,21H,4-5,8,10H2,1H3,(H2,20,25)(H,22,23). The maximum atomic E-state index is 11.8. The van der Waals surface area contributed by atoms with E-state index in [4.69, 9.17) is 11.0 Å². The summed E-state index contributed by atoms with van der Waals surface area (Å²) in [6, 6.07) is 9.82. The number of anilines is 2. The molecule has 1 saturated carbocycles. The SMILES string of the molecule is CNCC(C1CC1)n1cc(C(N)=O)c(Nc2ccc(CC#N)cc2)n1. The van der Waals surface area contributed by atoms with Gasteiger partial charge >= 0.3 is 0 Å². The first-order valence-electron chi connectivity index (χ1n) is 8.39. The quantitative estimate of drug-likeness (QED) is 0.682. The molecule has 3 rings (SSSR count). The summed E-state index contributed by atoms with van der Waals surface area (Å²) >= 11 is 0. The molecular formula is C18H22N6O. The van der Waals surface area contributed by atoms with Gasteiger partial charge in [0.15, 0.2) is 5.82 Å². The van der Waals surface area contributed by atoms with E-state index in [0.717, 1.165) is 17.8 Å². The number of nitrogens with one attached hydrogen (secondary N) is 2. The molecule has 1 amide bonds. The average Bonchev–Trinajstić information content (AvgIpc) is 3.34. The summed E-state index contributed by atoms with van der Waals surface area (Å²) in [5.74, 6) is 0.544. The number of nitrogens with zero attached hydrogens (tertiary/aromatic N) is 3. The highest BCUT2D eigenvalue weighted by atomic mass is 16.1. The molecular weight excluding hydrogens is 316 g/mol. The second-order valence-electron chi connectivity index (χ2n) is 6.35. The number of primary amides is 1. The van der Waals surface area contributed by atoms with Crippen LogP contribution >= 0.6 is 0 Å². The van der Waals surface area contributed by atoms with E-state index in [-0.39, 0.29) is 6.04 Å². The minimum absolute atomic E-state index is 0.219. The summed E-state index contributed by atoms with van der Waals surface area (Å²) in [4.78, 5) is 11.8. The fourth-order valence-electron chi connectivity index (χ4n) is 2.93. The second-order valence-corrected chi connectivity index (χ2v) is 6.35. The van der Waals surface area contributed by atoms with Gasteiger partial charge < -0.3 is 16.4 Å². The van der Waals surface area contributed by atoms with Crippen LogP contribution in [0, 0.1) is 17.2 Å². The van der Waals surface area contributed by atoms with Crippen molar-refractivity contribution in [2.45, 2.75) is 25.3 Å². The number of amides is 1. The molecule has 4 N–H and O–H groups in total. The van der Waals surface area contributed by atoms with Crippen molar-refractivity contribution in [1.82, 2.24) is 15.1 Å². The second kappa shape index (κ2) is 7.36. The zero-order chi connectivity index (χ0) is 17.8. The molecule has 1 fully saturated rings. The Morgan fingerprint density at radius 3 is 2.72 bits per heavy atom. The Hall–Kier alpha value is -2.85. The highest BCUT2D eigenvalue weighted by molar-refractivity contribution is 5.98. The summed E-state index contributed by atoms with van der Waals surface area (Å²) in [6.45, 7) is 0.798. The first-order valence-corrected chi connectivity index (χ1v) is 8.39. The highest BCUT2D eigenvalue weighted by Gasteiger charge is 2.33. The molecule has 7 nitrogen and oxygen atoms in total. The minimum Gasteiger partial charge on any atom is -0.365 e. The van der Waals surface area contributed by atoms with Gasteiger partial charge in [-0.3, -0.25) is 9.48 Å². The van der Waals surface area contributed by atoms with Gasteiger partial charge in [-0.15, -0.1) is 0 Å². The average molecular weight is 338 g/mol. The van der Waals surface area contributed by atoms with Crippen molar-refractivity contribution in [2.24, 2.45) is 11.7 Å². The van der Waals surface area contributed by atoms with Gasteiger partial charge in [0.1, 0.15) is 5.56 Å². The van der Waals surface area contributed by atoms with Gasteiger partial charge in [-0.05, 0) is 43.5 Å². The Kier molecular flexibility index (Phi) is 5.00. The van der Waals surface area contributed by atoms with Crippen LogP contribution in [0.1, 0.15) is 34.8 Å². The number of nitriles is 1. The molecule has 1 aliphatic rings. The number of hydrogen-bond donors (Lipinski definition) is 3. The van der Waals surface area contributed by atoms with Crippen molar-refractivity contribution in [3.63, 3.8) is 0 Å². The molecule has 0 radical (unpaired) electrons. The smallest absolute Gasteiger partial charge is 0.254 e. The first-order chi connectivity index (χ1) is 12.1. The zero-order valence-corrected chi connectivity index (χ0v) is 14.2. The van der Waals surface area contributed by atoms with E-state index in [1.54, 1.807) is 6.20 Å². The van der Waals surface area contributed by atoms with Crippen LogP contribution < -0.4 is 16.4 Å². The third-order valence-corrected chi connectivity index (χ3v) is 4.42. The van der Waals surface area contributed by atoms with E-state index in [2.05, 4.69) is 21.8 Å². The molecule has 1 atom stereocenters. The monoisotopic (exact) mass is 338 g/mol.